The highest BCUT2D eigenvalue weighted by molar-refractivity contribution is 5.79. The van der Waals surface area contributed by atoms with Gasteiger partial charge in [-0.15, -0.1) is 0 Å². The summed E-state index contributed by atoms with van der Waals surface area (Å²) >= 11 is 0. The smallest absolute Gasteiger partial charge is 0.234 e. The fraction of sp³-hybridized carbons (Fsp3) is 0.900. The number of carbonyl (C=O) groups is 1. The third kappa shape index (κ3) is 2.69. The molecule has 82 valence electrons. The van der Waals surface area contributed by atoms with Gasteiger partial charge in [-0.2, -0.15) is 0 Å². The van der Waals surface area contributed by atoms with Crippen LogP contribution in [0.1, 0.15) is 27.7 Å². The van der Waals surface area contributed by atoms with E-state index in [0.29, 0.717) is 0 Å². The summed E-state index contributed by atoms with van der Waals surface area (Å²) in [6.07, 6.45) is 0.153. The number of nitrogens with two attached hydrogens (primary N) is 1. The van der Waals surface area contributed by atoms with Crippen molar-refractivity contribution in [1.82, 2.24) is 4.90 Å². The SMILES string of the molecule is CC1CN(C(C)C(N)=O)CC(C)(C)O1. The van der Waals surface area contributed by atoms with Crippen molar-refractivity contribution < 1.29 is 9.53 Å². The lowest BCUT2D eigenvalue weighted by Gasteiger charge is -2.43. The standard InChI is InChI=1S/C10H20N2O2/c1-7-5-12(8(2)9(11)13)6-10(3,4)14-7/h7-8H,5-6H2,1-4H3,(H2,11,13). The molecule has 0 spiro atoms. The minimum Gasteiger partial charge on any atom is -0.370 e. The van der Waals surface area contributed by atoms with E-state index >= 15 is 0 Å². The average Bonchev–Trinajstić information content (AvgIpc) is 1.98. The van der Waals surface area contributed by atoms with Crippen LogP contribution in [0.25, 0.3) is 0 Å². The first-order valence-corrected chi connectivity index (χ1v) is 5.03. The number of amides is 1. The van der Waals surface area contributed by atoms with Crippen LogP contribution < -0.4 is 5.73 Å². The lowest BCUT2D eigenvalue weighted by Crippen LogP contribution is -2.57. The topological polar surface area (TPSA) is 55.6 Å². The molecule has 1 rings (SSSR count). The minimum atomic E-state index is -0.269. The van der Waals surface area contributed by atoms with E-state index in [1.54, 1.807) is 0 Å². The molecule has 0 aliphatic carbocycles. The molecule has 1 heterocycles. The van der Waals surface area contributed by atoms with E-state index in [-0.39, 0.29) is 23.7 Å². The second-order valence-electron chi connectivity index (χ2n) is 4.70. The van der Waals surface area contributed by atoms with Gasteiger partial charge in [-0.25, -0.2) is 0 Å². The molecule has 1 amide bonds. The summed E-state index contributed by atoms with van der Waals surface area (Å²) in [5.41, 5.74) is 5.09. The van der Waals surface area contributed by atoms with Crippen LogP contribution in [0.4, 0.5) is 0 Å². The lowest BCUT2D eigenvalue weighted by molar-refractivity contribution is -0.146. The molecular formula is C10H20N2O2. The van der Waals surface area contributed by atoms with Crippen LogP contribution in [0.3, 0.4) is 0 Å². The molecule has 2 unspecified atom stereocenters. The van der Waals surface area contributed by atoms with Crippen molar-refractivity contribution in [3.63, 3.8) is 0 Å². The van der Waals surface area contributed by atoms with Crippen LogP contribution in [0, 0.1) is 0 Å². The van der Waals surface area contributed by atoms with Crippen LogP contribution in [-0.4, -0.2) is 41.6 Å². The maximum Gasteiger partial charge on any atom is 0.234 e. The fourth-order valence-electron chi connectivity index (χ4n) is 1.98. The number of carbonyl (C=O) groups excluding carboxylic acids is 1. The van der Waals surface area contributed by atoms with Gasteiger partial charge in [-0.05, 0) is 27.7 Å². The highest BCUT2D eigenvalue weighted by atomic mass is 16.5. The molecule has 1 fully saturated rings. The quantitative estimate of drug-likeness (QED) is 0.700. The lowest BCUT2D eigenvalue weighted by atomic mass is 10.0. The van der Waals surface area contributed by atoms with Crippen LogP contribution in [0.15, 0.2) is 0 Å². The van der Waals surface area contributed by atoms with Gasteiger partial charge < -0.3 is 10.5 Å². The Morgan fingerprint density at radius 1 is 1.64 bits per heavy atom. The first-order valence-electron chi connectivity index (χ1n) is 5.03. The number of hydrogen-bond donors (Lipinski definition) is 1. The normalized spacial score (nSPS) is 29.9. The largest absolute Gasteiger partial charge is 0.370 e. The molecule has 0 radical (unpaired) electrons. The summed E-state index contributed by atoms with van der Waals surface area (Å²) in [7, 11) is 0. The van der Waals surface area contributed by atoms with Gasteiger partial charge in [-0.3, -0.25) is 9.69 Å². The van der Waals surface area contributed by atoms with Crippen molar-refractivity contribution in [2.45, 2.75) is 45.4 Å². The zero-order valence-corrected chi connectivity index (χ0v) is 9.41. The number of primary amides is 1. The van der Waals surface area contributed by atoms with E-state index in [4.69, 9.17) is 10.5 Å². The molecule has 4 nitrogen and oxygen atoms in total. The number of nitrogens with zero attached hydrogens (tertiary/aromatic N) is 1. The van der Waals surface area contributed by atoms with Crippen LogP contribution in [0.5, 0.6) is 0 Å². The first kappa shape index (κ1) is 11.5. The molecule has 2 atom stereocenters. The predicted molar refractivity (Wildman–Crippen MR) is 54.9 cm³/mol. The fourth-order valence-corrected chi connectivity index (χ4v) is 1.98. The second kappa shape index (κ2) is 3.87. The Labute approximate surface area is 85.4 Å². The minimum absolute atomic E-state index is 0.153. The molecular weight excluding hydrogens is 180 g/mol. The van der Waals surface area contributed by atoms with E-state index in [1.165, 1.54) is 0 Å². The van der Waals surface area contributed by atoms with Gasteiger partial charge in [-0.1, -0.05) is 0 Å². The van der Waals surface area contributed by atoms with Crippen molar-refractivity contribution in [2.75, 3.05) is 13.1 Å². The van der Waals surface area contributed by atoms with E-state index in [1.807, 2.05) is 27.7 Å². The van der Waals surface area contributed by atoms with E-state index in [9.17, 15) is 4.79 Å². The zero-order valence-electron chi connectivity index (χ0n) is 9.41. The maximum absolute atomic E-state index is 11.1. The van der Waals surface area contributed by atoms with Crippen molar-refractivity contribution >= 4 is 5.91 Å². The summed E-state index contributed by atoms with van der Waals surface area (Å²) in [6, 6.07) is -0.208. The Morgan fingerprint density at radius 2 is 2.21 bits per heavy atom. The Bertz CT molecular complexity index is 228. The summed E-state index contributed by atoms with van der Waals surface area (Å²) in [4.78, 5) is 13.1. The predicted octanol–water partition coefficient (Wildman–Crippen LogP) is 0.359. The van der Waals surface area contributed by atoms with Crippen molar-refractivity contribution in [3.8, 4) is 0 Å². The van der Waals surface area contributed by atoms with E-state index < -0.39 is 0 Å². The molecule has 1 aliphatic heterocycles. The van der Waals surface area contributed by atoms with Gasteiger partial charge in [0.25, 0.3) is 0 Å². The van der Waals surface area contributed by atoms with E-state index in [0.717, 1.165) is 13.1 Å². The third-order valence-electron chi connectivity index (χ3n) is 2.56. The number of rotatable bonds is 2. The number of morpholine rings is 1. The average molecular weight is 200 g/mol. The Hall–Kier alpha value is -0.610. The number of hydrogen-bond acceptors (Lipinski definition) is 3. The van der Waals surface area contributed by atoms with Crippen molar-refractivity contribution in [2.24, 2.45) is 5.73 Å². The molecule has 1 aliphatic rings. The van der Waals surface area contributed by atoms with Crippen LogP contribution in [-0.2, 0) is 9.53 Å². The Morgan fingerprint density at radius 3 is 2.64 bits per heavy atom. The molecule has 0 aromatic rings. The Kier molecular flexibility index (Phi) is 3.17. The molecule has 0 aromatic heterocycles. The van der Waals surface area contributed by atoms with E-state index in [2.05, 4.69) is 4.90 Å². The third-order valence-corrected chi connectivity index (χ3v) is 2.56. The van der Waals surface area contributed by atoms with Gasteiger partial charge >= 0.3 is 0 Å². The molecule has 0 aromatic carbocycles. The molecule has 0 bridgehead atoms. The van der Waals surface area contributed by atoms with Gasteiger partial charge in [0.1, 0.15) is 0 Å². The summed E-state index contributed by atoms with van der Waals surface area (Å²) in [5, 5.41) is 0. The Balaban J connectivity index is 2.66. The molecule has 0 saturated carbocycles. The summed E-state index contributed by atoms with van der Waals surface area (Å²) in [6.45, 7) is 9.44. The second-order valence-corrected chi connectivity index (χ2v) is 4.70. The molecule has 2 N–H and O–H groups in total. The maximum atomic E-state index is 11.1. The van der Waals surface area contributed by atoms with Crippen molar-refractivity contribution in [1.29, 1.82) is 0 Å². The number of ether oxygens (including phenoxy) is 1. The highest BCUT2D eigenvalue weighted by Crippen LogP contribution is 2.22. The first-order chi connectivity index (χ1) is 6.32. The van der Waals surface area contributed by atoms with Crippen molar-refractivity contribution in [3.05, 3.63) is 0 Å². The van der Waals surface area contributed by atoms with Crippen LogP contribution in [0.2, 0.25) is 0 Å². The van der Waals surface area contributed by atoms with Crippen LogP contribution >= 0.6 is 0 Å². The molecule has 1 saturated heterocycles. The van der Waals surface area contributed by atoms with Gasteiger partial charge in [0.2, 0.25) is 5.91 Å². The molecule has 14 heavy (non-hydrogen) atoms. The van der Waals surface area contributed by atoms with Gasteiger partial charge in [0.15, 0.2) is 0 Å². The van der Waals surface area contributed by atoms with Gasteiger partial charge in [0.05, 0.1) is 17.7 Å². The van der Waals surface area contributed by atoms with Gasteiger partial charge in [0, 0.05) is 13.1 Å². The molecule has 4 heteroatoms. The monoisotopic (exact) mass is 200 g/mol. The zero-order chi connectivity index (χ0) is 10.9. The summed E-state index contributed by atoms with van der Waals surface area (Å²) in [5.74, 6) is -0.269. The highest BCUT2D eigenvalue weighted by Gasteiger charge is 2.34. The summed E-state index contributed by atoms with van der Waals surface area (Å²) < 4.78 is 5.74.